The molecule has 3 aromatic carbocycles. The van der Waals surface area contributed by atoms with Crippen LogP contribution in [0, 0.1) is 13.8 Å². The van der Waals surface area contributed by atoms with Gasteiger partial charge in [0.05, 0.1) is 13.2 Å². The lowest BCUT2D eigenvalue weighted by Gasteiger charge is -2.23. The number of rotatable bonds is 13. The fourth-order valence-electron chi connectivity index (χ4n) is 6.49. The predicted molar refractivity (Wildman–Crippen MR) is 223 cm³/mol. The number of phenolic OH excluding ortho intramolecular Hbond substituents is 1. The number of fused-ring (bicyclic) bond motifs is 2. The van der Waals surface area contributed by atoms with Gasteiger partial charge >= 0.3 is 0 Å². The number of aromatic hydroxyl groups is 1. The Labute approximate surface area is 317 Å². The number of benzene rings is 4. The highest BCUT2D eigenvalue weighted by molar-refractivity contribution is 5.80. The Morgan fingerprint density at radius 2 is 1.26 bits per heavy atom. The Kier molecular flexibility index (Phi) is 16.8. The highest BCUT2D eigenvalue weighted by Crippen LogP contribution is 2.31. The van der Waals surface area contributed by atoms with E-state index in [-0.39, 0.29) is 0 Å². The molecule has 0 fully saturated rings. The van der Waals surface area contributed by atoms with Crippen molar-refractivity contribution in [3.8, 4) is 28.7 Å². The van der Waals surface area contributed by atoms with Gasteiger partial charge in [0, 0.05) is 80.1 Å². The first-order valence-corrected chi connectivity index (χ1v) is 19.1. The molecule has 0 atom stereocenters. The first-order valence-electron chi connectivity index (χ1n) is 19.1. The Balaban J connectivity index is 0.000000232. The Morgan fingerprint density at radius 1 is 0.679 bits per heavy atom. The number of aryl methyl sites for hydroxylation is 2. The third-order valence-electron chi connectivity index (χ3n) is 9.61. The van der Waals surface area contributed by atoms with Crippen LogP contribution in [0.1, 0.15) is 66.5 Å². The molecule has 3 N–H and O–H groups in total. The molecule has 0 saturated heterocycles. The number of anilines is 3. The molecule has 3 aromatic rings. The van der Waals surface area contributed by atoms with Crippen molar-refractivity contribution < 1.29 is 19.1 Å². The van der Waals surface area contributed by atoms with Crippen molar-refractivity contribution in [2.45, 2.75) is 69.2 Å². The molecule has 0 spiro atoms. The summed E-state index contributed by atoms with van der Waals surface area (Å²) in [6, 6.07) is 21.7. The average Bonchev–Trinajstić information content (AvgIpc) is 3.18. The van der Waals surface area contributed by atoms with Crippen LogP contribution in [0.15, 0.2) is 71.1 Å². The van der Waals surface area contributed by atoms with Gasteiger partial charge in [0.2, 0.25) is 5.36 Å². The summed E-state index contributed by atoms with van der Waals surface area (Å²) in [7, 11) is 1.60. The lowest BCUT2D eigenvalue weighted by molar-refractivity contribution is 0.306. The molecule has 0 saturated carbocycles. The van der Waals surface area contributed by atoms with Crippen LogP contribution >= 0.6 is 0 Å². The molecular weight excluding hydrogens is 665 g/mol. The van der Waals surface area contributed by atoms with E-state index in [1.165, 1.54) is 22.2 Å². The van der Waals surface area contributed by atoms with Gasteiger partial charge in [-0.15, -0.1) is 0 Å². The third-order valence-corrected chi connectivity index (χ3v) is 9.61. The molecule has 0 bridgehead atoms. The Bertz CT molecular complexity index is 1910. The van der Waals surface area contributed by atoms with Gasteiger partial charge in [-0.05, 0) is 111 Å². The van der Waals surface area contributed by atoms with Crippen LogP contribution in [-0.2, 0) is 0 Å². The molecule has 288 valence electrons. The number of ether oxygens (including phenoxy) is 1. The summed E-state index contributed by atoms with van der Waals surface area (Å²) in [6.07, 6.45) is 0. The number of aromatic nitrogens is 1. The van der Waals surface area contributed by atoms with E-state index in [2.05, 4.69) is 119 Å². The lowest BCUT2D eigenvalue weighted by atomic mass is 10.1. The normalized spacial score (nSPS) is 10.6. The van der Waals surface area contributed by atoms with Gasteiger partial charge in [0.15, 0.2) is 22.8 Å². The van der Waals surface area contributed by atoms with Crippen LogP contribution in [0.4, 0.5) is 17.1 Å². The van der Waals surface area contributed by atoms with Crippen LogP contribution in [0.5, 0.6) is 17.2 Å². The number of hydrogen-bond acceptors (Lipinski definition) is 9. The summed E-state index contributed by atoms with van der Waals surface area (Å²) in [6.45, 7) is 29.2. The zero-order chi connectivity index (χ0) is 39.1. The smallest absolute Gasteiger partial charge is 0.206 e. The topological polar surface area (TPSA) is 103 Å². The summed E-state index contributed by atoms with van der Waals surface area (Å²) in [4.78, 5) is 16.3. The van der Waals surface area contributed by atoms with Crippen molar-refractivity contribution in [3.05, 3.63) is 83.2 Å². The van der Waals surface area contributed by atoms with Gasteiger partial charge < -0.3 is 33.8 Å². The summed E-state index contributed by atoms with van der Waals surface area (Å²) in [5.74, 6) is 7.51. The van der Waals surface area contributed by atoms with Crippen LogP contribution in [0.25, 0.3) is 22.6 Å². The van der Waals surface area contributed by atoms with Crippen LogP contribution < -0.4 is 40.1 Å². The van der Waals surface area contributed by atoms with E-state index in [9.17, 15) is 5.11 Å². The number of methoxy groups -OCH3 is 1. The number of phenols is 1. The molecule has 2 aliphatic rings. The fraction of sp³-hybridized carbons (Fsp3) is 0.442. The predicted octanol–water partition coefficient (Wildman–Crippen LogP) is 8.24. The summed E-state index contributed by atoms with van der Waals surface area (Å²) in [5.41, 5.74) is 8.52. The maximum absolute atomic E-state index is 9.35. The van der Waals surface area contributed by atoms with Crippen LogP contribution in [-0.4, -0.2) is 69.6 Å². The Hall–Kier alpha value is -4.96. The van der Waals surface area contributed by atoms with E-state index in [1.807, 2.05) is 30.3 Å². The van der Waals surface area contributed by atoms with E-state index in [0.29, 0.717) is 17.2 Å². The minimum absolute atomic E-state index is 0.340. The number of hydrogen-bond donors (Lipinski definition) is 2. The second kappa shape index (κ2) is 20.9. The quantitative estimate of drug-likeness (QED) is 0.0705. The molecule has 0 amide bonds. The largest absolute Gasteiger partial charge is 0.508 e. The zero-order valence-electron chi connectivity index (χ0n) is 34.0. The van der Waals surface area contributed by atoms with E-state index in [0.717, 1.165) is 86.3 Å². The SMILES string of the molecule is CCN(CC)c1cc(O)ccc1C.CCN(CC)c1ccc(ON)c(OC)c1.CCN(CC)c1ccc2nc3cc(C)c(=[N+](CC)CC)cc-3oc2c1. The molecule has 1 heterocycles. The highest BCUT2D eigenvalue weighted by atomic mass is 16.6. The molecule has 10 nitrogen and oxygen atoms in total. The molecule has 0 aromatic heterocycles. The summed E-state index contributed by atoms with van der Waals surface area (Å²) in [5, 5.41) is 10.6. The van der Waals surface area contributed by atoms with Crippen molar-refractivity contribution in [1.82, 2.24) is 9.56 Å². The van der Waals surface area contributed by atoms with Crippen molar-refractivity contribution in [2.24, 2.45) is 5.90 Å². The third kappa shape index (κ3) is 10.8. The first-order chi connectivity index (χ1) is 25.6. The molecule has 53 heavy (non-hydrogen) atoms. The van der Waals surface area contributed by atoms with Crippen molar-refractivity contribution >= 4 is 28.2 Å². The average molecular weight is 728 g/mol. The van der Waals surface area contributed by atoms with Crippen molar-refractivity contribution in [3.63, 3.8) is 0 Å². The fourth-order valence-corrected chi connectivity index (χ4v) is 6.49. The van der Waals surface area contributed by atoms with E-state index in [1.54, 1.807) is 13.2 Å². The van der Waals surface area contributed by atoms with Gasteiger partial charge in [0.25, 0.3) is 0 Å². The monoisotopic (exact) mass is 727 g/mol. The standard InChI is InChI=1S/C21H28N3O.C11H18N2O2.C11H17NO/c1-6-23(7-2)16-10-11-17-20(13-16)25-21-14-19(24(8-3)9-4)15(5)12-18(21)22-17;1-4-13(5-2)9-6-7-10(15-12)11(8-9)14-3;1-4-12(5-2)11-8-10(13)7-6-9(11)3/h10-14H,6-9H2,1-5H3;6-8H,4-5,12H2,1-3H3;6-8,13H,4-5H2,1-3H3/q+1;;. The summed E-state index contributed by atoms with van der Waals surface area (Å²) >= 11 is 0. The maximum atomic E-state index is 9.35. The molecule has 1 aliphatic heterocycles. The van der Waals surface area contributed by atoms with Crippen molar-refractivity contribution in [1.29, 1.82) is 0 Å². The minimum atomic E-state index is 0.340. The van der Waals surface area contributed by atoms with E-state index in [4.69, 9.17) is 24.9 Å². The molecular formula is C43H63N6O4+. The zero-order valence-corrected chi connectivity index (χ0v) is 34.0. The maximum Gasteiger partial charge on any atom is 0.206 e. The number of nitrogens with two attached hydrogens (primary N) is 1. The molecule has 0 unspecified atom stereocenters. The van der Waals surface area contributed by atoms with Crippen molar-refractivity contribution in [2.75, 3.05) is 74.2 Å². The van der Waals surface area contributed by atoms with Gasteiger partial charge in [-0.3, -0.25) is 0 Å². The second-order valence-electron chi connectivity index (χ2n) is 12.6. The molecule has 0 radical (unpaired) electrons. The van der Waals surface area contributed by atoms with Gasteiger partial charge in [-0.25, -0.2) is 9.56 Å². The van der Waals surface area contributed by atoms with Gasteiger partial charge in [0.1, 0.15) is 30.0 Å². The van der Waals surface area contributed by atoms with Gasteiger partial charge in [-0.1, -0.05) is 6.07 Å². The first kappa shape index (κ1) is 42.5. The van der Waals surface area contributed by atoms with Crippen LogP contribution in [0.3, 0.4) is 0 Å². The van der Waals surface area contributed by atoms with Gasteiger partial charge in [-0.2, -0.15) is 5.90 Å². The Morgan fingerprint density at radius 3 is 1.81 bits per heavy atom. The lowest BCUT2D eigenvalue weighted by Crippen LogP contribution is -2.31. The van der Waals surface area contributed by atoms with Crippen LogP contribution in [0.2, 0.25) is 0 Å². The molecule has 10 heteroatoms. The molecule has 5 rings (SSSR count). The molecule has 1 aliphatic carbocycles. The highest BCUT2D eigenvalue weighted by Gasteiger charge is 2.15. The van der Waals surface area contributed by atoms with E-state index < -0.39 is 0 Å². The summed E-state index contributed by atoms with van der Waals surface area (Å²) < 4.78 is 13.8. The van der Waals surface area contributed by atoms with E-state index >= 15 is 0 Å². The second-order valence-corrected chi connectivity index (χ2v) is 12.6. The minimum Gasteiger partial charge on any atom is -0.508 e. The number of nitrogens with zero attached hydrogens (tertiary/aromatic N) is 5.